The van der Waals surface area contributed by atoms with Crippen molar-refractivity contribution in [2.75, 3.05) is 31.6 Å². The fraction of sp³-hybridized carbons (Fsp3) is 0.333. The smallest absolute Gasteiger partial charge is 0.265 e. The molecule has 1 amide bonds. The topological polar surface area (TPSA) is 66.0 Å². The van der Waals surface area contributed by atoms with Gasteiger partial charge in [0.2, 0.25) is 0 Å². The van der Waals surface area contributed by atoms with Gasteiger partial charge in [-0.2, -0.15) is 0 Å². The van der Waals surface area contributed by atoms with E-state index in [-0.39, 0.29) is 18.3 Å². The van der Waals surface area contributed by atoms with E-state index in [9.17, 15) is 9.18 Å². The third-order valence-electron chi connectivity index (χ3n) is 4.57. The molecule has 28 heavy (non-hydrogen) atoms. The lowest BCUT2D eigenvalue weighted by Gasteiger charge is -2.29. The van der Waals surface area contributed by atoms with Crippen molar-refractivity contribution in [2.24, 2.45) is 4.99 Å². The molecular weight excluding hydrogens is 359 g/mol. The maximum Gasteiger partial charge on any atom is 0.265 e. The number of aryl methyl sites for hydroxylation is 1. The van der Waals surface area contributed by atoms with Crippen LogP contribution in [0, 0.1) is 12.7 Å². The molecule has 1 aliphatic rings. The summed E-state index contributed by atoms with van der Waals surface area (Å²) in [6.45, 7) is 3.63. The lowest BCUT2D eigenvalue weighted by molar-refractivity contribution is -0.121. The second-order valence-corrected chi connectivity index (χ2v) is 6.59. The third-order valence-corrected chi connectivity index (χ3v) is 4.57. The summed E-state index contributed by atoms with van der Waals surface area (Å²) in [5.41, 5.74) is 2.42. The van der Waals surface area contributed by atoms with Crippen molar-refractivity contribution in [2.45, 2.75) is 19.9 Å². The highest BCUT2D eigenvalue weighted by molar-refractivity contribution is 5.97. The lowest BCUT2D eigenvalue weighted by atomic mass is 10.1. The van der Waals surface area contributed by atoms with Gasteiger partial charge >= 0.3 is 0 Å². The highest BCUT2D eigenvalue weighted by Gasteiger charge is 2.24. The van der Waals surface area contributed by atoms with Crippen LogP contribution in [0.1, 0.15) is 17.5 Å². The SMILES string of the molecule is CN=C(NCCCN1C(=O)COc2ccccc21)NCc1ccc(F)c(C)c1. The Morgan fingerprint density at radius 2 is 2.07 bits per heavy atom. The van der Waals surface area contributed by atoms with Crippen LogP contribution in [0.25, 0.3) is 0 Å². The molecule has 2 N–H and O–H groups in total. The number of guanidine groups is 1. The van der Waals surface area contributed by atoms with E-state index in [1.54, 1.807) is 24.9 Å². The average Bonchev–Trinajstić information content (AvgIpc) is 2.71. The van der Waals surface area contributed by atoms with Gasteiger partial charge in [-0.25, -0.2) is 4.39 Å². The quantitative estimate of drug-likeness (QED) is 0.457. The zero-order chi connectivity index (χ0) is 19.9. The van der Waals surface area contributed by atoms with Crippen LogP contribution in [-0.2, 0) is 11.3 Å². The average molecular weight is 384 g/mol. The van der Waals surface area contributed by atoms with Gasteiger partial charge in [0.25, 0.3) is 5.91 Å². The van der Waals surface area contributed by atoms with Crippen molar-refractivity contribution in [3.8, 4) is 5.75 Å². The number of nitrogens with one attached hydrogen (secondary N) is 2. The van der Waals surface area contributed by atoms with Crippen LogP contribution in [-0.4, -0.2) is 38.6 Å². The summed E-state index contributed by atoms with van der Waals surface area (Å²) in [5.74, 6) is 1.16. The van der Waals surface area contributed by atoms with E-state index in [1.165, 1.54) is 6.07 Å². The summed E-state index contributed by atoms with van der Waals surface area (Å²) in [7, 11) is 1.70. The Kier molecular flexibility index (Phi) is 6.47. The second-order valence-electron chi connectivity index (χ2n) is 6.59. The number of ether oxygens (including phenoxy) is 1. The van der Waals surface area contributed by atoms with E-state index in [2.05, 4.69) is 15.6 Å². The van der Waals surface area contributed by atoms with Gasteiger partial charge in [-0.15, -0.1) is 0 Å². The molecule has 0 unspecified atom stereocenters. The van der Waals surface area contributed by atoms with Gasteiger partial charge in [-0.3, -0.25) is 9.79 Å². The van der Waals surface area contributed by atoms with Crippen molar-refractivity contribution < 1.29 is 13.9 Å². The monoisotopic (exact) mass is 384 g/mol. The van der Waals surface area contributed by atoms with E-state index in [0.29, 0.717) is 31.2 Å². The Balaban J connectivity index is 1.46. The minimum Gasteiger partial charge on any atom is -0.482 e. The van der Waals surface area contributed by atoms with E-state index < -0.39 is 0 Å². The van der Waals surface area contributed by atoms with Crippen molar-refractivity contribution in [3.63, 3.8) is 0 Å². The third kappa shape index (κ3) is 4.79. The molecule has 0 aromatic heterocycles. The number of benzene rings is 2. The van der Waals surface area contributed by atoms with Gasteiger partial charge < -0.3 is 20.3 Å². The summed E-state index contributed by atoms with van der Waals surface area (Å²) in [4.78, 5) is 18.1. The number of rotatable bonds is 6. The minimum atomic E-state index is -0.203. The molecule has 3 rings (SSSR count). The fourth-order valence-electron chi connectivity index (χ4n) is 3.07. The Bertz CT molecular complexity index is 869. The molecule has 0 bridgehead atoms. The van der Waals surface area contributed by atoms with Crippen LogP contribution in [0.15, 0.2) is 47.5 Å². The fourth-order valence-corrected chi connectivity index (χ4v) is 3.07. The van der Waals surface area contributed by atoms with Gasteiger partial charge in [0.15, 0.2) is 12.6 Å². The first-order valence-corrected chi connectivity index (χ1v) is 9.30. The Hall–Kier alpha value is -3.09. The number of hydrogen-bond donors (Lipinski definition) is 2. The number of amides is 1. The standard InChI is InChI=1S/C21H25FN4O2/c1-15-12-16(8-9-17(15)22)13-25-21(23-2)24-10-5-11-26-18-6-3-4-7-19(18)28-14-20(26)27/h3-4,6-9,12H,5,10-11,13-14H2,1-2H3,(H2,23,24,25). The van der Waals surface area contributed by atoms with Gasteiger partial charge in [0, 0.05) is 26.7 Å². The van der Waals surface area contributed by atoms with Crippen LogP contribution >= 0.6 is 0 Å². The number of carbonyl (C=O) groups is 1. The molecule has 0 spiro atoms. The van der Waals surface area contributed by atoms with E-state index in [0.717, 1.165) is 23.4 Å². The zero-order valence-corrected chi connectivity index (χ0v) is 16.2. The first-order valence-electron chi connectivity index (χ1n) is 9.30. The van der Waals surface area contributed by atoms with Crippen LogP contribution in [0.4, 0.5) is 10.1 Å². The van der Waals surface area contributed by atoms with Crippen molar-refractivity contribution in [3.05, 3.63) is 59.4 Å². The highest BCUT2D eigenvalue weighted by atomic mass is 19.1. The van der Waals surface area contributed by atoms with Crippen LogP contribution in [0.2, 0.25) is 0 Å². The molecule has 2 aromatic carbocycles. The van der Waals surface area contributed by atoms with Crippen LogP contribution in [0.3, 0.4) is 0 Å². The summed E-state index contributed by atoms with van der Waals surface area (Å²) >= 11 is 0. The molecule has 0 radical (unpaired) electrons. The van der Waals surface area contributed by atoms with E-state index in [4.69, 9.17) is 4.74 Å². The molecule has 7 heteroatoms. The van der Waals surface area contributed by atoms with Gasteiger partial charge in [-0.1, -0.05) is 24.3 Å². The number of aliphatic imine (C=N–C) groups is 1. The van der Waals surface area contributed by atoms with Gasteiger partial charge in [0.05, 0.1) is 5.69 Å². The molecule has 2 aromatic rings. The molecule has 0 fully saturated rings. The normalized spacial score (nSPS) is 13.8. The number of halogens is 1. The van der Waals surface area contributed by atoms with E-state index in [1.807, 2.05) is 30.3 Å². The number of fused-ring (bicyclic) bond motifs is 1. The second kappa shape index (κ2) is 9.21. The predicted molar refractivity (Wildman–Crippen MR) is 108 cm³/mol. The summed E-state index contributed by atoms with van der Waals surface area (Å²) in [5, 5.41) is 6.45. The number of hydrogen-bond acceptors (Lipinski definition) is 3. The van der Waals surface area contributed by atoms with Crippen molar-refractivity contribution in [1.82, 2.24) is 10.6 Å². The minimum absolute atomic E-state index is 0.0344. The molecule has 0 atom stereocenters. The van der Waals surface area contributed by atoms with Crippen LogP contribution < -0.4 is 20.3 Å². The number of para-hydroxylation sites is 2. The molecule has 6 nitrogen and oxygen atoms in total. The molecule has 1 aliphatic heterocycles. The maximum atomic E-state index is 13.4. The lowest BCUT2D eigenvalue weighted by Crippen LogP contribution is -2.42. The number of carbonyl (C=O) groups excluding carboxylic acids is 1. The summed E-state index contributed by atoms with van der Waals surface area (Å²) < 4.78 is 18.8. The summed E-state index contributed by atoms with van der Waals surface area (Å²) in [6, 6.07) is 12.6. The van der Waals surface area contributed by atoms with Crippen molar-refractivity contribution in [1.29, 1.82) is 0 Å². The highest BCUT2D eigenvalue weighted by Crippen LogP contribution is 2.31. The number of anilines is 1. The van der Waals surface area contributed by atoms with Crippen LogP contribution in [0.5, 0.6) is 5.75 Å². The molecule has 0 saturated heterocycles. The Labute approximate surface area is 164 Å². The van der Waals surface area contributed by atoms with Crippen molar-refractivity contribution >= 4 is 17.6 Å². The number of nitrogens with zero attached hydrogens (tertiary/aromatic N) is 2. The van der Waals surface area contributed by atoms with Gasteiger partial charge in [-0.05, 0) is 42.7 Å². The first-order chi connectivity index (χ1) is 13.6. The molecule has 148 valence electrons. The Morgan fingerprint density at radius 1 is 1.25 bits per heavy atom. The first kappa shape index (κ1) is 19.7. The zero-order valence-electron chi connectivity index (χ0n) is 16.2. The summed E-state index contributed by atoms with van der Waals surface area (Å²) in [6.07, 6.45) is 0.760. The molecule has 0 saturated carbocycles. The van der Waals surface area contributed by atoms with Gasteiger partial charge in [0.1, 0.15) is 11.6 Å². The molecule has 1 heterocycles. The molecular formula is C21H25FN4O2. The Morgan fingerprint density at radius 3 is 2.86 bits per heavy atom. The molecule has 0 aliphatic carbocycles. The largest absolute Gasteiger partial charge is 0.482 e. The predicted octanol–water partition coefficient (Wildman–Crippen LogP) is 2.61. The van der Waals surface area contributed by atoms with E-state index >= 15 is 0 Å². The maximum absolute atomic E-state index is 13.4.